The minimum atomic E-state index is -0.840. The lowest BCUT2D eigenvalue weighted by atomic mass is 10.1. The van der Waals surface area contributed by atoms with E-state index in [2.05, 4.69) is 20.7 Å². The number of halogens is 1. The number of ether oxygens (including phenoxy) is 2. The van der Waals surface area contributed by atoms with Gasteiger partial charge in [-0.2, -0.15) is 0 Å². The number of alkyl halides is 1. The van der Waals surface area contributed by atoms with E-state index >= 15 is 0 Å². The van der Waals surface area contributed by atoms with Gasteiger partial charge in [0.15, 0.2) is 5.60 Å². The smallest absolute Gasteiger partial charge is 0.338 e. The summed E-state index contributed by atoms with van der Waals surface area (Å²) in [5.41, 5.74) is -0.633. The average molecular weight is 211 g/mol. The number of carbonyl (C=O) groups excluding carboxylic acids is 1. The monoisotopic (exact) mass is 210 g/mol. The second-order valence-corrected chi connectivity index (χ2v) is 2.71. The van der Waals surface area contributed by atoms with Gasteiger partial charge >= 0.3 is 5.97 Å². The van der Waals surface area contributed by atoms with Gasteiger partial charge in [0.1, 0.15) is 5.52 Å². The van der Waals surface area contributed by atoms with Gasteiger partial charge in [-0.15, -0.1) is 0 Å². The normalized spacial score (nSPS) is 11.2. The molecule has 0 rings (SSSR count). The summed E-state index contributed by atoms with van der Waals surface area (Å²) in [6.45, 7) is 3.30. The molecule has 0 aliphatic carbocycles. The molecule has 0 aromatic carbocycles. The van der Waals surface area contributed by atoms with E-state index in [1.54, 1.807) is 13.8 Å². The molecule has 0 aliphatic heterocycles. The van der Waals surface area contributed by atoms with Gasteiger partial charge in [-0.25, -0.2) is 4.79 Å². The second kappa shape index (κ2) is 3.93. The van der Waals surface area contributed by atoms with Crippen LogP contribution < -0.4 is 0 Å². The molecule has 0 saturated carbocycles. The number of rotatable bonds is 3. The number of carbonyl (C=O) groups is 1. The minimum absolute atomic E-state index is 0.207. The van der Waals surface area contributed by atoms with E-state index in [1.807, 2.05) is 0 Å². The summed E-state index contributed by atoms with van der Waals surface area (Å²) in [6.07, 6.45) is 0. The van der Waals surface area contributed by atoms with Crippen LogP contribution in [0.25, 0.3) is 0 Å². The highest BCUT2D eigenvalue weighted by molar-refractivity contribution is 9.09. The van der Waals surface area contributed by atoms with E-state index in [0.717, 1.165) is 0 Å². The van der Waals surface area contributed by atoms with E-state index in [0.29, 0.717) is 0 Å². The molecule has 0 N–H and O–H groups in total. The number of hydrogen-bond acceptors (Lipinski definition) is 3. The predicted molar refractivity (Wildman–Crippen MR) is 41.0 cm³/mol. The third-order valence-electron chi connectivity index (χ3n) is 1.19. The van der Waals surface area contributed by atoms with Gasteiger partial charge in [0, 0.05) is 7.11 Å². The second-order valence-electron chi connectivity index (χ2n) is 2.26. The molecule has 0 aromatic heterocycles. The van der Waals surface area contributed by atoms with Crippen LogP contribution >= 0.6 is 15.9 Å². The summed E-state index contributed by atoms with van der Waals surface area (Å²) >= 11 is 2.97. The van der Waals surface area contributed by atoms with Crippen LogP contribution in [0, 0.1) is 0 Å². The highest BCUT2D eigenvalue weighted by atomic mass is 79.9. The standard InChI is InChI=1S/C6H11BrO3/c1-6(2,9-3)5(8)10-4-7/h4H2,1-3H3. The fourth-order valence-electron chi connectivity index (χ4n) is 0.307. The van der Waals surface area contributed by atoms with Gasteiger partial charge in [0.2, 0.25) is 0 Å². The van der Waals surface area contributed by atoms with Crippen LogP contribution in [0.2, 0.25) is 0 Å². The number of hydrogen-bond donors (Lipinski definition) is 0. The topological polar surface area (TPSA) is 35.5 Å². The van der Waals surface area contributed by atoms with Crippen molar-refractivity contribution >= 4 is 21.9 Å². The number of methoxy groups -OCH3 is 1. The Morgan fingerprint density at radius 2 is 2.10 bits per heavy atom. The molecule has 3 nitrogen and oxygen atoms in total. The van der Waals surface area contributed by atoms with Gasteiger partial charge < -0.3 is 9.47 Å². The number of esters is 1. The lowest BCUT2D eigenvalue weighted by molar-refractivity contribution is -0.162. The molecular formula is C6H11BrO3. The molecule has 10 heavy (non-hydrogen) atoms. The molecular weight excluding hydrogens is 200 g/mol. The molecule has 0 amide bonds. The summed E-state index contributed by atoms with van der Waals surface area (Å²) in [6, 6.07) is 0. The molecule has 0 spiro atoms. The van der Waals surface area contributed by atoms with Gasteiger partial charge in [-0.1, -0.05) is 0 Å². The van der Waals surface area contributed by atoms with Crippen molar-refractivity contribution in [3.8, 4) is 0 Å². The van der Waals surface area contributed by atoms with Crippen molar-refractivity contribution in [1.29, 1.82) is 0 Å². The maximum atomic E-state index is 10.9. The van der Waals surface area contributed by atoms with Crippen LogP contribution in [0.15, 0.2) is 0 Å². The maximum absolute atomic E-state index is 10.9. The van der Waals surface area contributed by atoms with Gasteiger partial charge in [0.05, 0.1) is 0 Å². The zero-order chi connectivity index (χ0) is 8.20. The first-order chi connectivity index (χ1) is 4.54. The van der Waals surface area contributed by atoms with Crippen molar-refractivity contribution in [3.05, 3.63) is 0 Å². The molecule has 0 bridgehead atoms. The quantitative estimate of drug-likeness (QED) is 0.521. The SMILES string of the molecule is COC(C)(C)C(=O)OCBr. The first-order valence-corrected chi connectivity index (χ1v) is 3.95. The van der Waals surface area contributed by atoms with Crippen LogP contribution in [0.5, 0.6) is 0 Å². The van der Waals surface area contributed by atoms with Gasteiger partial charge in [-0.3, -0.25) is 0 Å². The van der Waals surface area contributed by atoms with Crippen molar-refractivity contribution < 1.29 is 14.3 Å². The fourth-order valence-corrected chi connectivity index (χ4v) is 0.515. The van der Waals surface area contributed by atoms with Crippen LogP contribution in [0.4, 0.5) is 0 Å². The summed E-state index contributed by atoms with van der Waals surface area (Å²) in [5, 5.41) is 0. The Hall–Kier alpha value is -0.0900. The Morgan fingerprint density at radius 1 is 1.60 bits per heavy atom. The summed E-state index contributed by atoms with van der Waals surface area (Å²) in [4.78, 5) is 10.9. The van der Waals surface area contributed by atoms with Gasteiger partial charge in [0.25, 0.3) is 0 Å². The van der Waals surface area contributed by atoms with E-state index in [-0.39, 0.29) is 11.5 Å². The zero-order valence-electron chi connectivity index (χ0n) is 6.31. The van der Waals surface area contributed by atoms with Crippen LogP contribution in [-0.2, 0) is 14.3 Å². The van der Waals surface area contributed by atoms with Crippen LogP contribution in [0.1, 0.15) is 13.8 Å². The Balaban J connectivity index is 3.91. The van der Waals surface area contributed by atoms with Crippen LogP contribution in [0.3, 0.4) is 0 Å². The lowest BCUT2D eigenvalue weighted by Gasteiger charge is -2.19. The van der Waals surface area contributed by atoms with Crippen molar-refractivity contribution in [2.45, 2.75) is 19.4 Å². The van der Waals surface area contributed by atoms with Crippen molar-refractivity contribution in [1.82, 2.24) is 0 Å². The highest BCUT2D eigenvalue weighted by Crippen LogP contribution is 2.09. The molecule has 0 atom stereocenters. The highest BCUT2D eigenvalue weighted by Gasteiger charge is 2.28. The molecule has 0 fully saturated rings. The lowest BCUT2D eigenvalue weighted by Crippen LogP contribution is -2.35. The first kappa shape index (κ1) is 9.91. The molecule has 0 aliphatic rings. The fraction of sp³-hybridized carbons (Fsp3) is 0.833. The van der Waals surface area contributed by atoms with E-state index in [4.69, 9.17) is 4.74 Å². The summed E-state index contributed by atoms with van der Waals surface area (Å²) in [7, 11) is 1.47. The minimum Gasteiger partial charge on any atom is -0.452 e. The third-order valence-corrected chi connectivity index (χ3v) is 1.42. The molecule has 4 heteroatoms. The van der Waals surface area contributed by atoms with E-state index in [1.165, 1.54) is 7.11 Å². The molecule has 0 heterocycles. The molecule has 0 unspecified atom stereocenters. The molecule has 0 saturated heterocycles. The average Bonchev–Trinajstić information content (AvgIpc) is 1.89. The summed E-state index contributed by atoms with van der Waals surface area (Å²) < 4.78 is 9.51. The van der Waals surface area contributed by atoms with Crippen molar-refractivity contribution in [2.75, 3.05) is 12.6 Å². The van der Waals surface area contributed by atoms with Crippen molar-refractivity contribution in [2.24, 2.45) is 0 Å². The molecule has 0 radical (unpaired) electrons. The third kappa shape index (κ3) is 2.66. The Bertz CT molecular complexity index is 122. The van der Waals surface area contributed by atoms with Crippen molar-refractivity contribution in [3.63, 3.8) is 0 Å². The largest absolute Gasteiger partial charge is 0.452 e. The van der Waals surface area contributed by atoms with Gasteiger partial charge in [-0.05, 0) is 29.8 Å². The van der Waals surface area contributed by atoms with E-state index in [9.17, 15) is 4.79 Å². The first-order valence-electron chi connectivity index (χ1n) is 2.83. The molecule has 0 aromatic rings. The Labute approximate surface area is 68.8 Å². The van der Waals surface area contributed by atoms with E-state index < -0.39 is 5.60 Å². The molecule has 60 valence electrons. The Kier molecular flexibility index (Phi) is 3.89. The zero-order valence-corrected chi connectivity index (χ0v) is 7.90. The Morgan fingerprint density at radius 3 is 2.40 bits per heavy atom. The predicted octanol–water partition coefficient (Wildman–Crippen LogP) is 1.31. The van der Waals surface area contributed by atoms with Crippen LogP contribution in [-0.4, -0.2) is 24.2 Å². The maximum Gasteiger partial charge on any atom is 0.338 e. The summed E-state index contributed by atoms with van der Waals surface area (Å²) in [5.74, 6) is -0.369.